The second-order valence-corrected chi connectivity index (χ2v) is 12.7. The average molecular weight is 549 g/mol. The van der Waals surface area contributed by atoms with Crippen molar-refractivity contribution < 1.29 is 13.2 Å². The number of sulfonamides is 1. The van der Waals surface area contributed by atoms with Crippen LogP contribution in [0.5, 0.6) is 0 Å². The molecule has 3 fully saturated rings. The molecule has 6 rings (SSSR count). The maximum Gasteiger partial charge on any atom is 0.264 e. The van der Waals surface area contributed by atoms with Gasteiger partial charge in [-0.05, 0) is 55.2 Å². The van der Waals surface area contributed by atoms with Crippen LogP contribution in [0.1, 0.15) is 68.1 Å². The Morgan fingerprint density at radius 1 is 0.821 bits per heavy atom. The fourth-order valence-electron chi connectivity index (χ4n) is 5.49. The van der Waals surface area contributed by atoms with Crippen LogP contribution in [0, 0.1) is 5.92 Å². The molecule has 2 aromatic carbocycles. The van der Waals surface area contributed by atoms with Crippen LogP contribution in [-0.4, -0.2) is 61.8 Å². The number of para-hydroxylation sites is 1. The smallest absolute Gasteiger partial charge is 0.264 e. The molecular weight excluding hydrogens is 508 g/mol. The van der Waals surface area contributed by atoms with Gasteiger partial charge in [0.05, 0.1) is 5.52 Å². The fourth-order valence-corrected chi connectivity index (χ4v) is 6.72. The predicted molar refractivity (Wildman–Crippen MR) is 156 cm³/mol. The number of carbonyl (C=O) groups is 1. The Bertz CT molecular complexity index is 1330. The molecule has 1 saturated heterocycles. The zero-order valence-corrected chi connectivity index (χ0v) is 23.5. The van der Waals surface area contributed by atoms with Crippen molar-refractivity contribution in [2.45, 2.75) is 62.7 Å². The Hall–Kier alpha value is -2.97. The number of benzene rings is 2. The minimum Gasteiger partial charge on any atom is -0.336 e. The molecule has 0 radical (unpaired) electrons. The summed E-state index contributed by atoms with van der Waals surface area (Å²) in [5, 5.41) is 0.759. The van der Waals surface area contributed by atoms with Crippen molar-refractivity contribution in [3.8, 4) is 0 Å². The number of nitrogens with zero attached hydrogens (tertiary/aromatic N) is 3. The number of fused-ring (bicyclic) bond motifs is 1. The number of hydrogen-bond donors (Lipinski definition) is 1. The first-order valence-corrected chi connectivity index (χ1v) is 16.0. The summed E-state index contributed by atoms with van der Waals surface area (Å²) in [6, 6.07) is 15.4. The van der Waals surface area contributed by atoms with Crippen LogP contribution in [0.2, 0.25) is 0 Å². The largest absolute Gasteiger partial charge is 0.336 e. The normalized spacial score (nSPS) is 18.6. The van der Waals surface area contributed by atoms with E-state index in [4.69, 9.17) is 0 Å². The lowest BCUT2D eigenvalue weighted by molar-refractivity contribution is 0.0606. The third-order valence-electron chi connectivity index (χ3n) is 8.17. The third kappa shape index (κ3) is 7.17. The number of rotatable bonds is 6. The molecule has 0 unspecified atom stereocenters. The summed E-state index contributed by atoms with van der Waals surface area (Å²) in [4.78, 5) is 21.8. The molecule has 0 bridgehead atoms. The van der Waals surface area contributed by atoms with Gasteiger partial charge in [-0.1, -0.05) is 63.1 Å². The van der Waals surface area contributed by atoms with Gasteiger partial charge in [0.2, 0.25) is 0 Å². The summed E-state index contributed by atoms with van der Waals surface area (Å²) < 4.78 is 28.7. The van der Waals surface area contributed by atoms with Crippen LogP contribution in [0.4, 0.5) is 5.69 Å². The maximum atomic E-state index is 13.0. The summed E-state index contributed by atoms with van der Waals surface area (Å²) in [6.45, 7) is 4.45. The van der Waals surface area contributed by atoms with Crippen LogP contribution in [0.15, 0.2) is 65.7 Å². The topological polar surface area (TPSA) is 82.6 Å². The van der Waals surface area contributed by atoms with Crippen molar-refractivity contribution in [3.63, 3.8) is 0 Å². The SMILES string of the molecule is C1CCC1.O=C(c1ccc(NS(=O)(=O)c2cccc3cccnc23)cc1)N1CCN(CC2CCCCC2)CC1. The zero-order valence-electron chi connectivity index (χ0n) is 22.7. The highest BCUT2D eigenvalue weighted by Crippen LogP contribution is 2.26. The quantitative estimate of drug-likeness (QED) is 0.413. The highest BCUT2D eigenvalue weighted by atomic mass is 32.2. The minimum atomic E-state index is -3.83. The summed E-state index contributed by atoms with van der Waals surface area (Å²) >= 11 is 0. The molecular formula is C31H40N4O3S. The molecule has 0 spiro atoms. The maximum absolute atomic E-state index is 13.0. The van der Waals surface area contributed by atoms with E-state index >= 15 is 0 Å². The lowest BCUT2D eigenvalue weighted by atomic mass is 9.89. The molecule has 3 aromatic rings. The Balaban J connectivity index is 0.000000707. The number of carbonyl (C=O) groups excluding carboxylic acids is 1. The van der Waals surface area contributed by atoms with Crippen LogP contribution in [0.3, 0.4) is 0 Å². The van der Waals surface area contributed by atoms with Crippen LogP contribution in [0.25, 0.3) is 10.9 Å². The molecule has 2 heterocycles. The van der Waals surface area contributed by atoms with E-state index in [1.807, 2.05) is 17.0 Å². The Labute approximate surface area is 232 Å². The number of anilines is 1. The Morgan fingerprint density at radius 2 is 1.46 bits per heavy atom. The number of aromatic nitrogens is 1. The average Bonchev–Trinajstić information content (AvgIpc) is 2.93. The van der Waals surface area contributed by atoms with Gasteiger partial charge in [-0.3, -0.25) is 19.4 Å². The molecule has 2 aliphatic carbocycles. The van der Waals surface area contributed by atoms with Gasteiger partial charge in [0.1, 0.15) is 4.90 Å². The summed E-state index contributed by atoms with van der Waals surface area (Å²) in [5.41, 5.74) is 1.41. The van der Waals surface area contributed by atoms with Crippen LogP contribution >= 0.6 is 0 Å². The van der Waals surface area contributed by atoms with Crippen molar-refractivity contribution in [3.05, 3.63) is 66.4 Å². The van der Waals surface area contributed by atoms with E-state index in [0.717, 1.165) is 44.0 Å². The summed E-state index contributed by atoms with van der Waals surface area (Å²) in [5.74, 6) is 0.807. The number of amides is 1. The van der Waals surface area contributed by atoms with Crippen molar-refractivity contribution >= 4 is 32.5 Å². The number of pyridine rings is 1. The molecule has 2 saturated carbocycles. The monoisotopic (exact) mass is 548 g/mol. The fraction of sp³-hybridized carbons (Fsp3) is 0.484. The van der Waals surface area contributed by atoms with E-state index in [-0.39, 0.29) is 10.8 Å². The van der Waals surface area contributed by atoms with Crippen LogP contribution in [-0.2, 0) is 10.0 Å². The first-order valence-electron chi connectivity index (χ1n) is 14.5. The van der Waals surface area contributed by atoms with E-state index in [1.165, 1.54) is 57.8 Å². The lowest BCUT2D eigenvalue weighted by Gasteiger charge is -2.37. The standard InChI is InChI=1S/C27H32N4O3S.C4H8/c32-27(31-18-16-30(17-19-31)20-21-6-2-1-3-7-21)23-11-13-24(14-12-23)29-35(33,34)25-10-4-8-22-9-5-15-28-26(22)25;1-2-4-3-1/h4-5,8-15,21,29H,1-3,6-7,16-20H2;1-4H2. The molecule has 3 aliphatic rings. The van der Waals surface area contributed by atoms with E-state index < -0.39 is 10.0 Å². The van der Waals surface area contributed by atoms with Crippen molar-refractivity contribution in [2.75, 3.05) is 37.4 Å². The molecule has 208 valence electrons. The second-order valence-electron chi connectivity index (χ2n) is 11.0. The van der Waals surface area contributed by atoms with Gasteiger partial charge in [-0.2, -0.15) is 0 Å². The van der Waals surface area contributed by atoms with E-state index in [9.17, 15) is 13.2 Å². The van der Waals surface area contributed by atoms with E-state index in [1.54, 1.807) is 48.7 Å². The lowest BCUT2D eigenvalue weighted by Crippen LogP contribution is -2.49. The van der Waals surface area contributed by atoms with Gasteiger partial charge in [-0.15, -0.1) is 0 Å². The predicted octanol–water partition coefficient (Wildman–Crippen LogP) is 5.93. The molecule has 1 aliphatic heterocycles. The van der Waals surface area contributed by atoms with Crippen molar-refractivity contribution in [1.82, 2.24) is 14.8 Å². The van der Waals surface area contributed by atoms with Gasteiger partial charge in [0.15, 0.2) is 0 Å². The zero-order chi connectivity index (χ0) is 27.1. The number of nitrogens with one attached hydrogen (secondary N) is 1. The Kier molecular flexibility index (Phi) is 9.14. The molecule has 7 nitrogen and oxygen atoms in total. The van der Waals surface area contributed by atoms with Crippen molar-refractivity contribution in [2.24, 2.45) is 5.92 Å². The van der Waals surface area contributed by atoms with Gasteiger partial charge < -0.3 is 4.90 Å². The first kappa shape index (κ1) is 27.6. The van der Waals surface area contributed by atoms with E-state index in [0.29, 0.717) is 16.8 Å². The highest BCUT2D eigenvalue weighted by Gasteiger charge is 2.25. The number of piperazine rings is 1. The van der Waals surface area contributed by atoms with Gasteiger partial charge in [0, 0.05) is 55.6 Å². The van der Waals surface area contributed by atoms with Gasteiger partial charge >= 0.3 is 0 Å². The molecule has 1 N–H and O–H groups in total. The summed E-state index contributed by atoms with van der Waals surface area (Å²) in [7, 11) is -3.83. The van der Waals surface area contributed by atoms with Crippen molar-refractivity contribution in [1.29, 1.82) is 0 Å². The molecule has 1 aromatic heterocycles. The minimum absolute atomic E-state index is 0.00465. The molecule has 0 atom stereocenters. The highest BCUT2D eigenvalue weighted by molar-refractivity contribution is 7.93. The third-order valence-corrected chi connectivity index (χ3v) is 9.58. The number of hydrogen-bond acceptors (Lipinski definition) is 5. The van der Waals surface area contributed by atoms with Crippen LogP contribution < -0.4 is 4.72 Å². The molecule has 1 amide bonds. The molecule has 8 heteroatoms. The summed E-state index contributed by atoms with van der Waals surface area (Å²) in [6.07, 6.45) is 14.3. The molecule has 39 heavy (non-hydrogen) atoms. The van der Waals surface area contributed by atoms with Gasteiger partial charge in [0.25, 0.3) is 15.9 Å². The second kappa shape index (κ2) is 12.9. The van der Waals surface area contributed by atoms with Gasteiger partial charge in [-0.25, -0.2) is 8.42 Å². The Morgan fingerprint density at radius 3 is 2.13 bits per heavy atom. The first-order chi connectivity index (χ1) is 19.0. The van der Waals surface area contributed by atoms with E-state index in [2.05, 4.69) is 14.6 Å².